The quantitative estimate of drug-likeness (QED) is 0.262. The lowest BCUT2D eigenvalue weighted by atomic mass is 10.3. The van der Waals surface area contributed by atoms with Gasteiger partial charge >= 0.3 is 0 Å². The van der Waals surface area contributed by atoms with Gasteiger partial charge in [0.1, 0.15) is 0 Å². The maximum Gasteiger partial charge on any atom is 0.256 e. The predicted molar refractivity (Wildman–Crippen MR) is 36.1 cm³/mol. The van der Waals surface area contributed by atoms with Crippen LogP contribution in [0.2, 0.25) is 0 Å². The predicted octanol–water partition coefficient (Wildman–Crippen LogP) is -2.14. The van der Waals surface area contributed by atoms with Crippen LogP contribution in [0.1, 0.15) is 0 Å². The number of benzene rings is 1. The Kier molecular flexibility index (Phi) is 2.00. The van der Waals surface area contributed by atoms with Crippen LogP contribution in [-0.4, -0.2) is 10.4 Å². The zero-order chi connectivity index (χ0) is 9.14. The maximum absolute atomic E-state index is 10.8. The van der Waals surface area contributed by atoms with Crippen LogP contribution in [0.15, 0.2) is 32.0 Å². The van der Waals surface area contributed by atoms with Crippen molar-refractivity contribution < 1.29 is 10.4 Å². The van der Waals surface area contributed by atoms with Crippen LogP contribution < -0.4 is 21.6 Å². The van der Waals surface area contributed by atoms with Crippen molar-refractivity contribution >= 4 is 0 Å². The van der Waals surface area contributed by atoms with Gasteiger partial charge in [0.25, 0.3) is 10.9 Å². The third-order valence-electron chi connectivity index (χ3n) is 1.29. The van der Waals surface area contributed by atoms with Crippen LogP contribution in [0.3, 0.4) is 0 Å². The molecular weight excluding hydrogens is 164 g/mol. The van der Waals surface area contributed by atoms with Crippen molar-refractivity contribution in [1.29, 1.82) is 0 Å². The third kappa shape index (κ3) is 1.09. The van der Waals surface area contributed by atoms with E-state index in [1.165, 1.54) is 0 Å². The molecule has 1 aromatic rings. The summed E-state index contributed by atoms with van der Waals surface area (Å²) < 4.78 is 0. The summed E-state index contributed by atoms with van der Waals surface area (Å²) in [5, 5.41) is 20.8. The van der Waals surface area contributed by atoms with E-state index in [1.807, 2.05) is 0 Å². The summed E-state index contributed by atoms with van der Waals surface area (Å²) >= 11 is 0. The minimum atomic E-state index is -0.993. The molecule has 0 aliphatic carbocycles. The molecule has 0 aliphatic heterocycles. The lowest BCUT2D eigenvalue weighted by Crippen LogP contribution is -2.46. The van der Waals surface area contributed by atoms with Crippen molar-refractivity contribution in [2.45, 2.75) is 0 Å². The number of hydrogen-bond acceptors (Lipinski definition) is 6. The lowest BCUT2D eigenvalue weighted by Gasteiger charge is -1.79. The molecule has 0 radical (unpaired) electrons. The molecule has 6 nitrogen and oxygen atoms in total. The summed E-state index contributed by atoms with van der Waals surface area (Å²) in [6.07, 6.45) is 0. The molecule has 2 N–H and O–H groups in total. The van der Waals surface area contributed by atoms with E-state index in [1.54, 1.807) is 0 Å². The van der Waals surface area contributed by atoms with Gasteiger partial charge in [-0.25, -0.2) is 0 Å². The Morgan fingerprint density at radius 1 is 0.917 bits per heavy atom. The second kappa shape index (κ2) is 2.95. The molecular formula is C6H4N2O4. The van der Waals surface area contributed by atoms with Gasteiger partial charge in [0.2, 0.25) is 0 Å². The highest BCUT2D eigenvalue weighted by Gasteiger charge is 1.99. The van der Waals surface area contributed by atoms with E-state index in [2.05, 4.69) is 10.3 Å². The summed E-state index contributed by atoms with van der Waals surface area (Å²) in [6.45, 7) is 0. The van der Waals surface area contributed by atoms with Crippen LogP contribution in [-0.2, 0) is 0 Å². The molecule has 0 fully saturated rings. The van der Waals surface area contributed by atoms with Gasteiger partial charge in [-0.2, -0.15) is 0 Å². The fraction of sp³-hybridized carbons (Fsp3) is 0. The fourth-order valence-corrected chi connectivity index (χ4v) is 0.699. The first-order chi connectivity index (χ1) is 5.70. The number of hydrogen-bond donors (Lipinski definition) is 2. The van der Waals surface area contributed by atoms with E-state index in [4.69, 9.17) is 10.4 Å². The molecule has 62 valence electrons. The number of rotatable bonds is 0. The molecule has 0 amide bonds. The van der Waals surface area contributed by atoms with Gasteiger partial charge in [-0.05, 0) is 12.1 Å². The van der Waals surface area contributed by atoms with E-state index in [0.717, 1.165) is 12.1 Å². The molecule has 12 heavy (non-hydrogen) atoms. The Morgan fingerprint density at radius 3 is 1.50 bits per heavy atom. The molecule has 0 atom stereocenters. The average Bonchev–Trinajstić information content (AvgIpc) is 2.10. The van der Waals surface area contributed by atoms with Crippen molar-refractivity contribution in [1.82, 2.24) is 0 Å². The molecule has 6 heteroatoms. The Balaban J connectivity index is 3.90. The van der Waals surface area contributed by atoms with Crippen molar-refractivity contribution in [3.8, 4) is 0 Å². The fourth-order valence-electron chi connectivity index (χ4n) is 0.699. The van der Waals surface area contributed by atoms with E-state index in [0.29, 0.717) is 0 Å². The van der Waals surface area contributed by atoms with Gasteiger partial charge < -0.3 is 10.4 Å². The molecule has 0 saturated heterocycles. The van der Waals surface area contributed by atoms with Gasteiger partial charge in [0, 0.05) is 0 Å². The van der Waals surface area contributed by atoms with Crippen LogP contribution in [0.5, 0.6) is 0 Å². The molecule has 0 heterocycles. The Morgan fingerprint density at radius 2 is 1.25 bits per heavy atom. The van der Waals surface area contributed by atoms with E-state index >= 15 is 0 Å². The molecule has 0 saturated carbocycles. The summed E-state index contributed by atoms with van der Waals surface area (Å²) in [5.41, 5.74) is -1.99. The van der Waals surface area contributed by atoms with Crippen LogP contribution in [0.4, 0.5) is 0 Å². The maximum atomic E-state index is 10.8. The summed E-state index contributed by atoms with van der Waals surface area (Å²) in [7, 11) is 0. The van der Waals surface area contributed by atoms with Gasteiger partial charge in [-0.3, -0.25) is 9.59 Å². The third-order valence-corrected chi connectivity index (χ3v) is 1.29. The van der Waals surface area contributed by atoms with E-state index in [9.17, 15) is 9.59 Å². The lowest BCUT2D eigenvalue weighted by molar-refractivity contribution is 0.298. The van der Waals surface area contributed by atoms with Gasteiger partial charge in [-0.15, -0.1) is 0 Å². The second-order valence-electron chi connectivity index (χ2n) is 1.96. The summed E-state index contributed by atoms with van der Waals surface area (Å²) in [6, 6.07) is 2.16. The Hall–Kier alpha value is -1.98. The highest BCUT2D eigenvalue weighted by molar-refractivity contribution is 5.01. The first kappa shape index (κ1) is 8.12. The molecule has 0 spiro atoms. The van der Waals surface area contributed by atoms with Crippen molar-refractivity contribution in [3.63, 3.8) is 0 Å². The minimum Gasteiger partial charge on any atom is -0.410 e. The van der Waals surface area contributed by atoms with Crippen molar-refractivity contribution in [2.24, 2.45) is 10.3 Å². The topological polar surface area (TPSA) is 99.3 Å². The monoisotopic (exact) mass is 168 g/mol. The highest BCUT2D eigenvalue weighted by Crippen LogP contribution is 1.55. The Labute approximate surface area is 65.0 Å². The standard InChI is InChI=1S/C6H4N2O4/c9-5-3(7-11)1-2-4(8-12)6(5)10/h1-2,11-12H/b7-3+,8-4+. The summed E-state index contributed by atoms with van der Waals surface area (Å²) in [5.74, 6) is 0. The molecule has 0 unspecified atom stereocenters. The molecule has 1 aromatic carbocycles. The first-order valence-electron chi connectivity index (χ1n) is 2.92. The van der Waals surface area contributed by atoms with E-state index in [-0.39, 0.29) is 10.7 Å². The SMILES string of the molecule is O=c1c(=O)/c(=N/O)cc/c1=N\O. The van der Waals surface area contributed by atoms with Gasteiger partial charge in [0.05, 0.1) is 0 Å². The molecule has 0 aromatic heterocycles. The van der Waals surface area contributed by atoms with Crippen molar-refractivity contribution in [2.75, 3.05) is 0 Å². The number of nitrogens with zero attached hydrogens (tertiary/aromatic N) is 2. The van der Waals surface area contributed by atoms with Crippen molar-refractivity contribution in [3.05, 3.63) is 43.3 Å². The van der Waals surface area contributed by atoms with Crippen LogP contribution >= 0.6 is 0 Å². The Bertz CT molecular complexity index is 449. The van der Waals surface area contributed by atoms with Crippen LogP contribution in [0, 0.1) is 0 Å². The highest BCUT2D eigenvalue weighted by atomic mass is 16.4. The zero-order valence-corrected chi connectivity index (χ0v) is 5.76. The second-order valence-corrected chi connectivity index (χ2v) is 1.96. The normalized spacial score (nSPS) is 13.7. The van der Waals surface area contributed by atoms with Gasteiger partial charge in [-0.1, -0.05) is 10.3 Å². The first-order valence-corrected chi connectivity index (χ1v) is 2.92. The van der Waals surface area contributed by atoms with Crippen LogP contribution in [0.25, 0.3) is 0 Å². The smallest absolute Gasteiger partial charge is 0.256 e. The zero-order valence-electron chi connectivity index (χ0n) is 5.76. The summed E-state index contributed by atoms with van der Waals surface area (Å²) in [4.78, 5) is 21.7. The molecule has 0 bridgehead atoms. The minimum absolute atomic E-state index is 0.368. The van der Waals surface area contributed by atoms with E-state index < -0.39 is 10.9 Å². The van der Waals surface area contributed by atoms with Gasteiger partial charge in [0.15, 0.2) is 10.7 Å². The average molecular weight is 168 g/mol. The largest absolute Gasteiger partial charge is 0.410 e. The molecule has 1 rings (SSSR count). The molecule has 0 aliphatic rings.